The van der Waals surface area contributed by atoms with Crippen LogP contribution in [0.15, 0.2) is 0 Å². The number of nitrogens with zero attached hydrogens (tertiary/aromatic N) is 1. The molecule has 0 aromatic carbocycles. The summed E-state index contributed by atoms with van der Waals surface area (Å²) >= 11 is 0. The van der Waals surface area contributed by atoms with Gasteiger partial charge in [-0.1, -0.05) is 66.7 Å². The van der Waals surface area contributed by atoms with Gasteiger partial charge in [0, 0.05) is 0 Å². The van der Waals surface area contributed by atoms with Crippen molar-refractivity contribution < 1.29 is 9.48 Å². The van der Waals surface area contributed by atoms with E-state index in [1.807, 2.05) is 0 Å². The summed E-state index contributed by atoms with van der Waals surface area (Å²) in [5, 5.41) is 0. The summed E-state index contributed by atoms with van der Waals surface area (Å²) in [6.45, 7) is 15.1. The van der Waals surface area contributed by atoms with Gasteiger partial charge in [0.15, 0.2) is 0 Å². The van der Waals surface area contributed by atoms with Crippen LogP contribution in [0.1, 0.15) is 98.8 Å². The van der Waals surface area contributed by atoms with Crippen LogP contribution < -0.4 is 0 Å². The van der Waals surface area contributed by atoms with Crippen molar-refractivity contribution in [2.24, 2.45) is 0 Å². The summed E-state index contributed by atoms with van der Waals surface area (Å²) in [5.74, 6) is 0. The van der Waals surface area contributed by atoms with Gasteiger partial charge >= 0.3 is 0 Å². The molecule has 0 heterocycles. The molecule has 0 saturated carbocycles. The summed E-state index contributed by atoms with van der Waals surface area (Å²) in [6, 6.07) is 0. The number of hydrogen-bond donors (Lipinski definition) is 0. The molecule has 0 bridgehead atoms. The summed E-state index contributed by atoms with van der Waals surface area (Å²) < 4.78 is 0.928. The lowest BCUT2D eigenvalue weighted by atomic mass is 10.1. The first-order chi connectivity index (χ1) is 10.2. The maximum Gasteiger partial charge on any atom is 0.117 e. The van der Waals surface area contributed by atoms with Crippen LogP contribution in [-0.2, 0) is 4.84 Å². The zero-order valence-electron chi connectivity index (χ0n) is 15.6. The first kappa shape index (κ1) is 20.9. The molecule has 0 amide bonds. The van der Waals surface area contributed by atoms with Gasteiger partial charge in [-0.15, -0.1) is 0 Å². The lowest BCUT2D eigenvalue weighted by Crippen LogP contribution is -2.52. The molecule has 0 aliphatic carbocycles. The molecule has 0 aliphatic heterocycles. The Bertz CT molecular complexity index is 196. The van der Waals surface area contributed by atoms with E-state index in [1.54, 1.807) is 0 Å². The van der Waals surface area contributed by atoms with E-state index in [0.29, 0.717) is 6.10 Å². The van der Waals surface area contributed by atoms with Crippen LogP contribution in [0.3, 0.4) is 0 Å². The van der Waals surface area contributed by atoms with Crippen molar-refractivity contribution in [2.45, 2.75) is 105 Å². The van der Waals surface area contributed by atoms with E-state index in [-0.39, 0.29) is 0 Å². The maximum atomic E-state index is 6.73. The van der Waals surface area contributed by atoms with Crippen molar-refractivity contribution in [3.63, 3.8) is 0 Å². The predicted octanol–water partition coefficient (Wildman–Crippen LogP) is 6.10. The highest BCUT2D eigenvalue weighted by atomic mass is 16.7. The van der Waals surface area contributed by atoms with Gasteiger partial charge in [0.05, 0.1) is 0 Å². The van der Waals surface area contributed by atoms with Crippen LogP contribution in [0.4, 0.5) is 0 Å². The molecule has 0 N–H and O–H groups in total. The van der Waals surface area contributed by atoms with Crippen LogP contribution in [0.2, 0.25) is 0 Å². The van der Waals surface area contributed by atoms with Crippen molar-refractivity contribution >= 4 is 0 Å². The maximum absolute atomic E-state index is 6.73. The van der Waals surface area contributed by atoms with Gasteiger partial charge in [0.2, 0.25) is 0 Å². The van der Waals surface area contributed by atoms with Crippen LogP contribution in [0, 0.1) is 0 Å². The standard InChI is InChI=1S/C19H42NO/c1-6-11-15-19(10-5)21-20(16-12-7-2,17-13-8-3)18-14-9-4/h19H,6-18H2,1-5H3/q+1. The lowest BCUT2D eigenvalue weighted by molar-refractivity contribution is -1.11. The molecule has 0 aromatic rings. The molecule has 0 aromatic heterocycles. The molecular weight excluding hydrogens is 258 g/mol. The summed E-state index contributed by atoms with van der Waals surface area (Å²) in [5.41, 5.74) is 0. The third-order valence-electron chi connectivity index (χ3n) is 4.47. The van der Waals surface area contributed by atoms with Gasteiger partial charge in [-0.3, -0.25) is 0 Å². The average Bonchev–Trinajstić information content (AvgIpc) is 2.52. The minimum Gasteiger partial charge on any atom is -0.200 e. The van der Waals surface area contributed by atoms with Crippen LogP contribution in [0.25, 0.3) is 0 Å². The Balaban J connectivity index is 4.81. The fourth-order valence-corrected chi connectivity index (χ4v) is 2.91. The highest BCUT2D eigenvalue weighted by Gasteiger charge is 2.31. The summed E-state index contributed by atoms with van der Waals surface area (Å²) in [6.07, 6.45) is 13.1. The van der Waals surface area contributed by atoms with E-state index in [9.17, 15) is 0 Å². The molecule has 0 rings (SSSR count). The normalized spacial score (nSPS) is 13.6. The highest BCUT2D eigenvalue weighted by molar-refractivity contribution is 4.54. The molecule has 0 radical (unpaired) electrons. The second kappa shape index (κ2) is 13.6. The number of hydrogen-bond acceptors (Lipinski definition) is 1. The lowest BCUT2D eigenvalue weighted by Gasteiger charge is -2.38. The number of unbranched alkanes of at least 4 members (excludes halogenated alkanes) is 4. The van der Waals surface area contributed by atoms with E-state index < -0.39 is 0 Å². The smallest absolute Gasteiger partial charge is 0.117 e. The molecule has 1 atom stereocenters. The number of hydroxylamine groups is 3. The monoisotopic (exact) mass is 300 g/mol. The fraction of sp³-hybridized carbons (Fsp3) is 1.00. The highest BCUT2D eigenvalue weighted by Crippen LogP contribution is 2.21. The van der Waals surface area contributed by atoms with E-state index in [4.69, 9.17) is 4.84 Å². The van der Waals surface area contributed by atoms with Crippen LogP contribution >= 0.6 is 0 Å². The Morgan fingerprint density at radius 1 is 0.667 bits per heavy atom. The van der Waals surface area contributed by atoms with E-state index in [0.717, 1.165) is 11.1 Å². The van der Waals surface area contributed by atoms with E-state index in [1.165, 1.54) is 77.4 Å². The Hall–Kier alpha value is -0.0800. The third-order valence-corrected chi connectivity index (χ3v) is 4.47. The zero-order chi connectivity index (χ0) is 16.0. The first-order valence-corrected chi connectivity index (χ1v) is 9.72. The van der Waals surface area contributed by atoms with Crippen molar-refractivity contribution in [2.75, 3.05) is 19.6 Å². The van der Waals surface area contributed by atoms with Crippen molar-refractivity contribution in [1.82, 2.24) is 0 Å². The topological polar surface area (TPSA) is 9.23 Å². The molecule has 0 saturated heterocycles. The SMILES string of the molecule is CCCCC(CC)O[N+](CCCC)(CCCC)CCCC. The predicted molar refractivity (Wildman–Crippen MR) is 94.3 cm³/mol. The Morgan fingerprint density at radius 2 is 1.10 bits per heavy atom. The van der Waals surface area contributed by atoms with Gasteiger partial charge in [-0.05, 0) is 32.1 Å². The molecule has 0 fully saturated rings. The fourth-order valence-electron chi connectivity index (χ4n) is 2.91. The van der Waals surface area contributed by atoms with Gasteiger partial charge < -0.3 is 0 Å². The molecule has 2 heteroatoms. The molecule has 128 valence electrons. The minimum atomic E-state index is 0.454. The molecular formula is C19H42NO+. The number of rotatable bonds is 15. The Kier molecular flexibility index (Phi) is 13.5. The van der Waals surface area contributed by atoms with Crippen LogP contribution in [-0.4, -0.2) is 30.4 Å². The van der Waals surface area contributed by atoms with Crippen molar-refractivity contribution in [3.8, 4) is 0 Å². The Labute approximate surface area is 134 Å². The second-order valence-corrected chi connectivity index (χ2v) is 6.57. The number of quaternary nitrogens is 1. The molecule has 1 unspecified atom stereocenters. The largest absolute Gasteiger partial charge is 0.200 e. The van der Waals surface area contributed by atoms with Crippen molar-refractivity contribution in [1.29, 1.82) is 0 Å². The van der Waals surface area contributed by atoms with Gasteiger partial charge in [0.25, 0.3) is 0 Å². The Morgan fingerprint density at radius 3 is 1.43 bits per heavy atom. The quantitative estimate of drug-likeness (QED) is 0.262. The average molecular weight is 301 g/mol. The van der Waals surface area contributed by atoms with Crippen LogP contribution in [0.5, 0.6) is 0 Å². The van der Waals surface area contributed by atoms with E-state index in [2.05, 4.69) is 34.6 Å². The summed E-state index contributed by atoms with van der Waals surface area (Å²) in [7, 11) is 0. The minimum absolute atomic E-state index is 0.454. The zero-order valence-corrected chi connectivity index (χ0v) is 15.6. The third kappa shape index (κ3) is 9.52. The van der Waals surface area contributed by atoms with Gasteiger partial charge in [0.1, 0.15) is 25.7 Å². The molecule has 21 heavy (non-hydrogen) atoms. The molecule has 0 aliphatic rings. The van der Waals surface area contributed by atoms with Gasteiger partial charge in [-0.25, -0.2) is 0 Å². The molecule has 0 spiro atoms. The summed E-state index contributed by atoms with van der Waals surface area (Å²) in [4.78, 5) is 6.73. The molecule has 2 nitrogen and oxygen atoms in total. The van der Waals surface area contributed by atoms with Crippen molar-refractivity contribution in [3.05, 3.63) is 0 Å². The second-order valence-electron chi connectivity index (χ2n) is 6.57. The first-order valence-electron chi connectivity index (χ1n) is 9.72. The van der Waals surface area contributed by atoms with E-state index >= 15 is 0 Å². The van der Waals surface area contributed by atoms with Gasteiger partial charge in [-0.2, -0.15) is 9.48 Å².